The molecule has 0 atom stereocenters. The van der Waals surface area contributed by atoms with E-state index in [1.165, 1.54) is 0 Å². The molecule has 0 unspecified atom stereocenters. The molecule has 3 rings (SSSR count). The van der Waals surface area contributed by atoms with Crippen LogP contribution in [-0.2, 0) is 9.59 Å². The second kappa shape index (κ2) is 8.44. The van der Waals surface area contributed by atoms with Crippen LogP contribution >= 0.6 is 23.2 Å². The summed E-state index contributed by atoms with van der Waals surface area (Å²) >= 11 is 12.0. The summed E-state index contributed by atoms with van der Waals surface area (Å²) in [6, 6.07) is 5.30. The van der Waals surface area contributed by atoms with E-state index in [0.717, 1.165) is 18.4 Å². The van der Waals surface area contributed by atoms with E-state index in [9.17, 15) is 27.9 Å². The quantitative estimate of drug-likeness (QED) is 0.715. The summed E-state index contributed by atoms with van der Waals surface area (Å²) in [4.78, 5) is 24.6. The van der Waals surface area contributed by atoms with Crippen LogP contribution in [0, 0.1) is 0 Å². The molecule has 0 radical (unpaired) electrons. The summed E-state index contributed by atoms with van der Waals surface area (Å²) < 4.78 is 37.6. The fraction of sp³-hybridized carbons (Fsp3) is 0.474. The highest BCUT2D eigenvalue weighted by molar-refractivity contribution is 6.42. The zero-order chi connectivity index (χ0) is 21.3. The fourth-order valence-electron chi connectivity index (χ4n) is 3.75. The largest absolute Gasteiger partial charge is 0.503 e. The van der Waals surface area contributed by atoms with Crippen LogP contribution in [0.25, 0.3) is 0 Å². The average molecular weight is 451 g/mol. The molecule has 0 aromatic heterocycles. The first-order chi connectivity index (χ1) is 13.5. The van der Waals surface area contributed by atoms with Gasteiger partial charge in [-0.3, -0.25) is 9.59 Å². The predicted molar refractivity (Wildman–Crippen MR) is 102 cm³/mol. The minimum atomic E-state index is -4.61. The molecule has 1 aliphatic carbocycles. The van der Waals surface area contributed by atoms with E-state index in [0.29, 0.717) is 27.8 Å². The molecular weight excluding hydrogens is 432 g/mol. The van der Waals surface area contributed by atoms with Crippen molar-refractivity contribution in [2.75, 3.05) is 13.1 Å². The van der Waals surface area contributed by atoms with Crippen LogP contribution < -0.4 is 5.32 Å². The number of aliphatic hydroxyl groups is 1. The van der Waals surface area contributed by atoms with Crippen molar-refractivity contribution >= 4 is 35.0 Å². The number of halogens is 5. The van der Waals surface area contributed by atoms with Gasteiger partial charge in [0.2, 0.25) is 0 Å². The Morgan fingerprint density at radius 1 is 1.17 bits per heavy atom. The lowest BCUT2D eigenvalue weighted by molar-refractivity contribution is -0.157. The van der Waals surface area contributed by atoms with E-state index < -0.39 is 36.8 Å². The number of benzene rings is 1. The smallest absolute Gasteiger partial charge is 0.406 e. The molecule has 1 aromatic rings. The maximum absolute atomic E-state index is 12.5. The van der Waals surface area contributed by atoms with Crippen molar-refractivity contribution in [2.24, 2.45) is 0 Å². The van der Waals surface area contributed by atoms with Crippen molar-refractivity contribution in [1.82, 2.24) is 10.2 Å². The van der Waals surface area contributed by atoms with Gasteiger partial charge in [-0.15, -0.1) is 0 Å². The third-order valence-corrected chi connectivity index (χ3v) is 5.99. The summed E-state index contributed by atoms with van der Waals surface area (Å²) in [6.07, 6.45) is -1.72. The summed E-state index contributed by atoms with van der Waals surface area (Å²) in [5, 5.41) is 13.5. The van der Waals surface area contributed by atoms with Crippen molar-refractivity contribution in [2.45, 2.75) is 43.8 Å². The van der Waals surface area contributed by atoms with Crippen LogP contribution in [0.15, 0.2) is 29.5 Å². The maximum Gasteiger partial charge on any atom is 0.406 e. The van der Waals surface area contributed by atoms with Crippen LogP contribution in [-0.4, -0.2) is 47.1 Å². The molecule has 29 heavy (non-hydrogen) atoms. The minimum Gasteiger partial charge on any atom is -0.503 e. The van der Waals surface area contributed by atoms with Crippen LogP contribution in [0.5, 0.6) is 0 Å². The van der Waals surface area contributed by atoms with E-state index in [1.54, 1.807) is 6.07 Å². The topological polar surface area (TPSA) is 69.6 Å². The number of carbonyl (C=O) groups is 2. The molecule has 2 N–H and O–H groups in total. The molecule has 2 aliphatic rings. The van der Waals surface area contributed by atoms with Gasteiger partial charge in [-0.2, -0.15) is 13.2 Å². The SMILES string of the molecule is O=C(N[C@H]1CC[C@@H](c2ccc(Cl)c(Cl)c2)CC1)C1=C(O)C(=O)N(CC(F)(F)F)C1. The molecule has 1 heterocycles. The van der Waals surface area contributed by atoms with Crippen molar-refractivity contribution in [3.05, 3.63) is 45.1 Å². The van der Waals surface area contributed by atoms with Gasteiger partial charge in [0.1, 0.15) is 6.54 Å². The lowest BCUT2D eigenvalue weighted by Gasteiger charge is -2.29. The van der Waals surface area contributed by atoms with E-state index in [2.05, 4.69) is 5.32 Å². The summed E-state index contributed by atoms with van der Waals surface area (Å²) in [5.74, 6) is -2.55. The molecule has 158 valence electrons. The van der Waals surface area contributed by atoms with E-state index in [4.69, 9.17) is 23.2 Å². The molecule has 0 saturated heterocycles. The van der Waals surface area contributed by atoms with Gasteiger partial charge in [0.15, 0.2) is 5.76 Å². The molecule has 0 bridgehead atoms. The number of carbonyl (C=O) groups excluding carboxylic acids is 2. The Labute approximate surface area is 175 Å². The number of nitrogens with one attached hydrogen (secondary N) is 1. The number of nitrogens with zero attached hydrogens (tertiary/aromatic N) is 1. The Hall–Kier alpha value is -1.93. The Morgan fingerprint density at radius 2 is 1.83 bits per heavy atom. The third-order valence-electron chi connectivity index (χ3n) is 5.25. The minimum absolute atomic E-state index is 0.186. The standard InChI is InChI=1S/C19H19Cl2F3N2O3/c20-14-6-3-11(7-15(14)21)10-1-4-12(5-2-10)25-17(28)13-8-26(9-19(22,23)24)18(29)16(13)27/h3,6-7,10,12,27H,1-2,4-5,8-9H2,(H,25,28)/t10-,12+. The van der Waals surface area contributed by atoms with Crippen LogP contribution in [0.2, 0.25) is 10.0 Å². The lowest BCUT2D eigenvalue weighted by Crippen LogP contribution is -2.40. The lowest BCUT2D eigenvalue weighted by atomic mass is 9.81. The molecule has 0 spiro atoms. The van der Waals surface area contributed by atoms with E-state index in [-0.39, 0.29) is 17.5 Å². The van der Waals surface area contributed by atoms with E-state index >= 15 is 0 Å². The Bertz CT molecular complexity index is 850. The van der Waals surface area contributed by atoms with Crippen molar-refractivity contribution < 1.29 is 27.9 Å². The van der Waals surface area contributed by atoms with Gasteiger partial charge < -0.3 is 15.3 Å². The van der Waals surface area contributed by atoms with Gasteiger partial charge in [0.25, 0.3) is 11.8 Å². The van der Waals surface area contributed by atoms with Gasteiger partial charge in [-0.1, -0.05) is 29.3 Å². The molecule has 5 nitrogen and oxygen atoms in total. The van der Waals surface area contributed by atoms with Crippen LogP contribution in [0.1, 0.15) is 37.2 Å². The Morgan fingerprint density at radius 3 is 2.41 bits per heavy atom. The highest BCUT2D eigenvalue weighted by atomic mass is 35.5. The highest BCUT2D eigenvalue weighted by Crippen LogP contribution is 2.35. The zero-order valence-electron chi connectivity index (χ0n) is 15.2. The van der Waals surface area contributed by atoms with Gasteiger partial charge >= 0.3 is 6.18 Å². The molecule has 2 amide bonds. The molecule has 1 aromatic carbocycles. The number of alkyl halides is 3. The number of hydrogen-bond acceptors (Lipinski definition) is 3. The summed E-state index contributed by atoms with van der Waals surface area (Å²) in [7, 11) is 0. The second-order valence-electron chi connectivity index (χ2n) is 7.30. The Balaban J connectivity index is 1.56. The average Bonchev–Trinajstić information content (AvgIpc) is 2.92. The first kappa shape index (κ1) is 21.8. The molecule has 10 heteroatoms. The normalized spacial score (nSPS) is 22.9. The highest BCUT2D eigenvalue weighted by Gasteiger charge is 2.41. The summed E-state index contributed by atoms with van der Waals surface area (Å²) in [5.41, 5.74) is 0.736. The van der Waals surface area contributed by atoms with Gasteiger partial charge in [-0.05, 0) is 49.3 Å². The third kappa shape index (κ3) is 5.17. The first-order valence-corrected chi connectivity index (χ1v) is 9.84. The van der Waals surface area contributed by atoms with Crippen molar-refractivity contribution in [1.29, 1.82) is 0 Å². The zero-order valence-corrected chi connectivity index (χ0v) is 16.7. The van der Waals surface area contributed by atoms with Crippen LogP contribution in [0.3, 0.4) is 0 Å². The van der Waals surface area contributed by atoms with Gasteiger partial charge in [0, 0.05) is 6.04 Å². The summed E-state index contributed by atoms with van der Waals surface area (Å²) in [6.45, 7) is -2.07. The number of hydrogen-bond donors (Lipinski definition) is 2. The first-order valence-electron chi connectivity index (χ1n) is 9.09. The number of amides is 2. The maximum atomic E-state index is 12.5. The molecule has 1 fully saturated rings. The van der Waals surface area contributed by atoms with Gasteiger partial charge in [-0.25, -0.2) is 0 Å². The van der Waals surface area contributed by atoms with Crippen LogP contribution in [0.4, 0.5) is 13.2 Å². The predicted octanol–water partition coefficient (Wildman–Crippen LogP) is 4.35. The molecule has 1 saturated carbocycles. The Kier molecular flexibility index (Phi) is 6.33. The number of aliphatic hydroxyl groups excluding tert-OH is 1. The monoisotopic (exact) mass is 450 g/mol. The molecule has 1 aliphatic heterocycles. The number of rotatable bonds is 4. The van der Waals surface area contributed by atoms with Gasteiger partial charge in [0.05, 0.1) is 22.2 Å². The fourth-order valence-corrected chi connectivity index (χ4v) is 4.06. The van der Waals surface area contributed by atoms with E-state index in [1.807, 2.05) is 12.1 Å². The second-order valence-corrected chi connectivity index (χ2v) is 8.11. The van der Waals surface area contributed by atoms with Crippen molar-refractivity contribution in [3.63, 3.8) is 0 Å². The van der Waals surface area contributed by atoms with Crippen molar-refractivity contribution in [3.8, 4) is 0 Å². The molecular formula is C19H19Cl2F3N2O3.